The summed E-state index contributed by atoms with van der Waals surface area (Å²) in [5, 5.41) is 15.9. The van der Waals surface area contributed by atoms with Crippen molar-refractivity contribution >= 4 is 18.0 Å². The van der Waals surface area contributed by atoms with Gasteiger partial charge in [0.25, 0.3) is 5.91 Å². The smallest absolute Gasteiger partial charge is 0.262 e. The lowest BCUT2D eigenvalue weighted by molar-refractivity contribution is -0.128. The minimum Gasteiger partial charge on any atom is -0.497 e. The molecule has 2 amide bonds. The summed E-state index contributed by atoms with van der Waals surface area (Å²) in [7, 11) is 1.58. The molecule has 0 spiro atoms. The van der Waals surface area contributed by atoms with Crippen molar-refractivity contribution in [2.45, 2.75) is 32.9 Å². The molecule has 38 heavy (non-hydrogen) atoms. The highest BCUT2D eigenvalue weighted by Gasteiger charge is 2.15. The topological polar surface area (TPSA) is 122 Å². The van der Waals surface area contributed by atoms with Crippen molar-refractivity contribution in [2.75, 3.05) is 13.7 Å². The number of nitrogens with zero attached hydrogens (tertiary/aromatic N) is 2. The number of carbonyl (C=O) groups excluding carboxylic acids is 2. The number of carbonyl (C=O) groups is 2. The number of amides is 2. The van der Waals surface area contributed by atoms with Gasteiger partial charge >= 0.3 is 0 Å². The fraction of sp³-hybridized carbons (Fsp3) is 0.241. The van der Waals surface area contributed by atoms with Crippen LogP contribution in [0.4, 0.5) is 0 Å². The number of ether oxygens (including phenoxy) is 3. The Morgan fingerprint density at radius 3 is 2.53 bits per heavy atom. The van der Waals surface area contributed by atoms with Crippen LogP contribution in [-0.2, 0) is 22.6 Å². The quantitative estimate of drug-likeness (QED) is 0.280. The van der Waals surface area contributed by atoms with Crippen LogP contribution >= 0.6 is 0 Å². The number of nitrogens with one attached hydrogen (secondary N) is 2. The molecule has 9 heteroatoms. The summed E-state index contributed by atoms with van der Waals surface area (Å²) < 4.78 is 16.7. The molecule has 0 radical (unpaired) electrons. The van der Waals surface area contributed by atoms with E-state index in [1.165, 1.54) is 6.21 Å². The van der Waals surface area contributed by atoms with Crippen LogP contribution in [0.2, 0.25) is 0 Å². The zero-order valence-corrected chi connectivity index (χ0v) is 21.6. The highest BCUT2D eigenvalue weighted by Crippen LogP contribution is 2.29. The Morgan fingerprint density at radius 1 is 1.05 bits per heavy atom. The number of hydrazone groups is 1. The summed E-state index contributed by atoms with van der Waals surface area (Å²) in [4.78, 5) is 24.7. The lowest BCUT2D eigenvalue weighted by atomic mass is 10.1. The van der Waals surface area contributed by atoms with Crippen LogP contribution in [-0.4, -0.2) is 37.8 Å². The maximum absolute atomic E-state index is 12.4. The van der Waals surface area contributed by atoms with Crippen LogP contribution in [0.3, 0.4) is 0 Å². The second-order valence-corrected chi connectivity index (χ2v) is 8.25. The van der Waals surface area contributed by atoms with E-state index in [0.29, 0.717) is 35.0 Å². The van der Waals surface area contributed by atoms with Gasteiger partial charge < -0.3 is 19.5 Å². The summed E-state index contributed by atoms with van der Waals surface area (Å²) in [6, 6.07) is 21.0. The molecule has 0 saturated carbocycles. The molecular weight excluding hydrogens is 484 g/mol. The zero-order chi connectivity index (χ0) is 27.3. The third-order valence-corrected chi connectivity index (χ3v) is 5.47. The van der Waals surface area contributed by atoms with Crippen molar-refractivity contribution in [1.82, 2.24) is 10.7 Å². The van der Waals surface area contributed by atoms with Gasteiger partial charge in [0.2, 0.25) is 5.91 Å². The molecular formula is C29H30N4O5. The molecule has 0 bridgehead atoms. The highest BCUT2D eigenvalue weighted by molar-refractivity contribution is 5.89. The SMILES string of the molecule is CCOc1cc(C=NNC(=O)C(C)NC(=O)Cc2ccc(OC)cc2)ccc1OCc1ccccc1C#N. The summed E-state index contributed by atoms with van der Waals surface area (Å²) >= 11 is 0. The van der Waals surface area contributed by atoms with Gasteiger partial charge in [-0.2, -0.15) is 10.4 Å². The second-order valence-electron chi connectivity index (χ2n) is 8.25. The summed E-state index contributed by atoms with van der Waals surface area (Å²) in [5.41, 5.74) is 5.25. The molecule has 0 saturated heterocycles. The first-order valence-electron chi connectivity index (χ1n) is 12.1. The lowest BCUT2D eigenvalue weighted by Crippen LogP contribution is -2.43. The Labute approximate surface area is 222 Å². The highest BCUT2D eigenvalue weighted by atomic mass is 16.5. The van der Waals surface area contributed by atoms with Gasteiger partial charge in [-0.1, -0.05) is 30.3 Å². The van der Waals surface area contributed by atoms with Gasteiger partial charge in [0.05, 0.1) is 38.0 Å². The number of benzene rings is 3. The molecule has 2 N–H and O–H groups in total. The number of hydrogen-bond acceptors (Lipinski definition) is 7. The Kier molecular flexibility index (Phi) is 10.3. The normalized spacial score (nSPS) is 11.3. The first-order chi connectivity index (χ1) is 18.4. The molecule has 0 aliphatic carbocycles. The number of nitriles is 1. The van der Waals surface area contributed by atoms with Crippen molar-refractivity contribution in [1.29, 1.82) is 5.26 Å². The first kappa shape index (κ1) is 27.7. The molecule has 1 unspecified atom stereocenters. The third-order valence-electron chi connectivity index (χ3n) is 5.47. The fourth-order valence-electron chi connectivity index (χ4n) is 3.46. The summed E-state index contributed by atoms with van der Waals surface area (Å²) in [6.45, 7) is 4.09. The van der Waals surface area contributed by atoms with Crippen LogP contribution in [0.5, 0.6) is 17.2 Å². The number of rotatable bonds is 12. The van der Waals surface area contributed by atoms with Crippen molar-refractivity contribution in [3.8, 4) is 23.3 Å². The van der Waals surface area contributed by atoms with Gasteiger partial charge in [-0.25, -0.2) is 5.43 Å². The van der Waals surface area contributed by atoms with E-state index in [4.69, 9.17) is 14.2 Å². The fourth-order valence-corrected chi connectivity index (χ4v) is 3.46. The standard InChI is InChI=1S/C29H30N4O5/c1-4-37-27-15-22(11-14-26(27)38-19-24-8-6-5-7-23(24)17-30)18-31-33-29(35)20(2)32-28(34)16-21-9-12-25(36-3)13-10-21/h5-15,18,20H,4,16,19H2,1-3H3,(H,32,34)(H,33,35). The van der Waals surface area contributed by atoms with Crippen LogP contribution in [0.15, 0.2) is 71.8 Å². The lowest BCUT2D eigenvalue weighted by Gasteiger charge is -2.13. The van der Waals surface area contributed by atoms with E-state index in [1.54, 1.807) is 68.6 Å². The Morgan fingerprint density at radius 2 is 1.82 bits per heavy atom. The molecule has 196 valence electrons. The summed E-state index contributed by atoms with van der Waals surface area (Å²) in [6.07, 6.45) is 1.61. The molecule has 1 atom stereocenters. The molecule has 9 nitrogen and oxygen atoms in total. The van der Waals surface area contributed by atoms with Crippen LogP contribution in [0.1, 0.15) is 36.1 Å². The molecule has 3 aromatic rings. The van der Waals surface area contributed by atoms with Crippen LogP contribution in [0, 0.1) is 11.3 Å². The van der Waals surface area contributed by atoms with Crippen molar-refractivity contribution in [3.05, 3.63) is 89.0 Å². The van der Waals surface area contributed by atoms with Crippen molar-refractivity contribution in [2.24, 2.45) is 5.10 Å². The molecule has 0 aliphatic heterocycles. The van der Waals surface area contributed by atoms with E-state index in [-0.39, 0.29) is 18.9 Å². The maximum atomic E-state index is 12.4. The molecule has 0 aliphatic rings. The van der Waals surface area contributed by atoms with Gasteiger partial charge in [-0.3, -0.25) is 9.59 Å². The van der Waals surface area contributed by atoms with Crippen LogP contribution in [0.25, 0.3) is 0 Å². The van der Waals surface area contributed by atoms with Crippen molar-refractivity contribution in [3.63, 3.8) is 0 Å². The predicted molar refractivity (Wildman–Crippen MR) is 143 cm³/mol. The minimum atomic E-state index is -0.774. The first-order valence-corrected chi connectivity index (χ1v) is 12.1. The molecule has 3 aromatic carbocycles. The Bertz CT molecular complexity index is 1320. The monoisotopic (exact) mass is 514 g/mol. The van der Waals surface area contributed by atoms with Crippen LogP contribution < -0.4 is 25.0 Å². The third kappa shape index (κ3) is 8.10. The minimum absolute atomic E-state index is 0.140. The maximum Gasteiger partial charge on any atom is 0.262 e. The van der Waals surface area contributed by atoms with E-state index in [1.807, 2.05) is 19.1 Å². The van der Waals surface area contributed by atoms with Gasteiger partial charge in [0.15, 0.2) is 11.5 Å². The van der Waals surface area contributed by atoms with Gasteiger partial charge in [-0.05, 0) is 61.4 Å². The second kappa shape index (κ2) is 14.0. The van der Waals surface area contributed by atoms with E-state index in [2.05, 4.69) is 21.9 Å². The van der Waals surface area contributed by atoms with E-state index < -0.39 is 11.9 Å². The van der Waals surface area contributed by atoms with E-state index in [9.17, 15) is 14.9 Å². The predicted octanol–water partition coefficient (Wildman–Crippen LogP) is 3.74. The summed E-state index contributed by atoms with van der Waals surface area (Å²) in [5.74, 6) is 1.00. The Hall–Kier alpha value is -4.84. The van der Waals surface area contributed by atoms with E-state index >= 15 is 0 Å². The number of methoxy groups -OCH3 is 1. The zero-order valence-electron chi connectivity index (χ0n) is 21.6. The largest absolute Gasteiger partial charge is 0.497 e. The average molecular weight is 515 g/mol. The van der Waals surface area contributed by atoms with Crippen molar-refractivity contribution < 1.29 is 23.8 Å². The average Bonchev–Trinajstić information content (AvgIpc) is 2.93. The number of hydrogen-bond donors (Lipinski definition) is 2. The van der Waals surface area contributed by atoms with Gasteiger partial charge in [0, 0.05) is 5.56 Å². The molecule has 0 aromatic heterocycles. The van der Waals surface area contributed by atoms with Gasteiger partial charge in [0.1, 0.15) is 18.4 Å². The molecule has 0 fully saturated rings. The van der Waals surface area contributed by atoms with E-state index in [0.717, 1.165) is 11.1 Å². The molecule has 3 rings (SSSR count). The van der Waals surface area contributed by atoms with Gasteiger partial charge in [-0.15, -0.1) is 0 Å². The molecule has 0 heterocycles. The Balaban J connectivity index is 1.54.